The minimum Gasteiger partial charge on any atom is -0.497 e. The minimum absolute atomic E-state index is 0.113. The first-order valence-corrected chi connectivity index (χ1v) is 13.6. The standard InChI is InChI=1S/C32H32O8/c1-31(2)19-13-37-21-11-15(35-5)7-9-17(21)23(19)25-28(34)30-26(27(33)29(25)39-31)24-18-10-8-16(36-6)12-22(18)38-14-20(24)32(3,4)40-30/h7-12,19-20,23-24H,13-14H2,1-6H3/t19-,20-,23+,24+/m1/s1. The summed E-state index contributed by atoms with van der Waals surface area (Å²) in [5, 5.41) is 0. The van der Waals surface area contributed by atoms with E-state index < -0.39 is 23.0 Å². The highest BCUT2D eigenvalue weighted by Crippen LogP contribution is 2.58. The number of benzene rings is 2. The highest BCUT2D eigenvalue weighted by atomic mass is 16.5. The van der Waals surface area contributed by atoms with E-state index in [4.69, 9.17) is 28.4 Å². The van der Waals surface area contributed by atoms with Crippen LogP contribution in [0.15, 0.2) is 59.1 Å². The van der Waals surface area contributed by atoms with E-state index in [-0.39, 0.29) is 34.9 Å². The van der Waals surface area contributed by atoms with Gasteiger partial charge in [-0.1, -0.05) is 12.1 Å². The van der Waals surface area contributed by atoms with E-state index in [1.807, 2.05) is 64.1 Å². The largest absolute Gasteiger partial charge is 0.497 e. The maximum Gasteiger partial charge on any atom is 0.228 e. The number of hydrogen-bond donors (Lipinski definition) is 0. The fraction of sp³-hybridized carbons (Fsp3) is 0.438. The number of Topliss-reactive ketones (excluding diaryl/α,β-unsaturated/α-hetero) is 2. The Morgan fingerprint density at radius 1 is 0.675 bits per heavy atom. The summed E-state index contributed by atoms with van der Waals surface area (Å²) < 4.78 is 36.0. The first kappa shape index (κ1) is 25.1. The molecule has 40 heavy (non-hydrogen) atoms. The van der Waals surface area contributed by atoms with Crippen molar-refractivity contribution in [2.24, 2.45) is 11.8 Å². The van der Waals surface area contributed by atoms with Crippen LogP contribution in [-0.2, 0) is 19.1 Å². The van der Waals surface area contributed by atoms with Crippen LogP contribution in [0.2, 0.25) is 0 Å². The molecule has 8 heteroatoms. The van der Waals surface area contributed by atoms with E-state index in [9.17, 15) is 9.59 Å². The van der Waals surface area contributed by atoms with Crippen LogP contribution in [-0.4, -0.2) is 50.2 Å². The Hall–Kier alpha value is -3.94. The number of carbonyl (C=O) groups is 2. The van der Waals surface area contributed by atoms with E-state index in [2.05, 4.69) is 0 Å². The second kappa shape index (κ2) is 8.29. The molecule has 5 aliphatic rings. The fourth-order valence-corrected chi connectivity index (χ4v) is 7.09. The second-order valence-corrected chi connectivity index (χ2v) is 12.2. The molecule has 0 saturated carbocycles. The molecule has 2 aromatic rings. The van der Waals surface area contributed by atoms with Crippen molar-refractivity contribution in [1.82, 2.24) is 0 Å². The summed E-state index contributed by atoms with van der Waals surface area (Å²) in [5.41, 5.74) is 0.845. The van der Waals surface area contributed by atoms with Gasteiger partial charge in [0.1, 0.15) is 34.2 Å². The molecule has 0 radical (unpaired) electrons. The molecule has 8 nitrogen and oxygen atoms in total. The maximum absolute atomic E-state index is 14.5. The van der Waals surface area contributed by atoms with Crippen LogP contribution in [0.3, 0.4) is 0 Å². The van der Waals surface area contributed by atoms with Gasteiger partial charge in [0.15, 0.2) is 11.5 Å². The molecule has 0 N–H and O–H groups in total. The molecule has 208 valence electrons. The monoisotopic (exact) mass is 544 g/mol. The summed E-state index contributed by atoms with van der Waals surface area (Å²) in [6.45, 7) is 8.48. The van der Waals surface area contributed by atoms with Crippen molar-refractivity contribution in [1.29, 1.82) is 0 Å². The average molecular weight is 545 g/mol. The molecule has 0 amide bonds. The summed E-state index contributed by atoms with van der Waals surface area (Å²) in [5.74, 6) is 1.06. The van der Waals surface area contributed by atoms with Crippen LogP contribution >= 0.6 is 0 Å². The van der Waals surface area contributed by atoms with Crippen LogP contribution in [0.1, 0.15) is 50.7 Å². The fourth-order valence-electron chi connectivity index (χ4n) is 7.09. The third-order valence-corrected chi connectivity index (χ3v) is 9.28. The Morgan fingerprint density at radius 2 is 1.07 bits per heavy atom. The van der Waals surface area contributed by atoms with Gasteiger partial charge in [0.2, 0.25) is 11.6 Å². The van der Waals surface area contributed by atoms with Crippen molar-refractivity contribution >= 4 is 11.6 Å². The number of hydrogen-bond acceptors (Lipinski definition) is 8. The molecule has 2 aromatic carbocycles. The Labute approximate surface area is 232 Å². The third-order valence-electron chi connectivity index (χ3n) is 9.28. The van der Waals surface area contributed by atoms with Crippen LogP contribution in [0.4, 0.5) is 0 Å². The van der Waals surface area contributed by atoms with Gasteiger partial charge in [-0.25, -0.2) is 0 Å². The zero-order chi connectivity index (χ0) is 28.1. The van der Waals surface area contributed by atoms with E-state index in [0.29, 0.717) is 47.4 Å². The average Bonchev–Trinajstić information content (AvgIpc) is 2.94. The molecule has 4 atom stereocenters. The SMILES string of the molecule is COc1ccc2c(c1)OC[C@@H]1[C@H]2C2=C(OC1(C)C)C(=O)C1=C(OC(C)(C)[C@@H]3COc4cc(OC)ccc4[C@H]13)C2=O. The molecule has 0 saturated heterocycles. The van der Waals surface area contributed by atoms with Gasteiger partial charge in [0.25, 0.3) is 0 Å². The lowest BCUT2D eigenvalue weighted by Crippen LogP contribution is -2.54. The molecule has 7 rings (SSSR count). The molecule has 1 aliphatic carbocycles. The van der Waals surface area contributed by atoms with Crippen molar-refractivity contribution in [2.75, 3.05) is 27.4 Å². The molecule has 0 bridgehead atoms. The predicted octanol–water partition coefficient (Wildman–Crippen LogP) is 4.87. The lowest BCUT2D eigenvalue weighted by Gasteiger charge is -2.52. The Kier molecular flexibility index (Phi) is 5.19. The predicted molar refractivity (Wildman–Crippen MR) is 144 cm³/mol. The molecule has 0 unspecified atom stereocenters. The van der Waals surface area contributed by atoms with E-state index in [0.717, 1.165) is 11.1 Å². The topological polar surface area (TPSA) is 89.5 Å². The maximum atomic E-state index is 14.5. The van der Waals surface area contributed by atoms with Crippen molar-refractivity contribution in [3.05, 3.63) is 70.2 Å². The van der Waals surface area contributed by atoms with Crippen LogP contribution in [0, 0.1) is 11.8 Å². The smallest absolute Gasteiger partial charge is 0.228 e. The lowest BCUT2D eigenvalue weighted by atomic mass is 9.63. The molecular formula is C32H32O8. The van der Waals surface area contributed by atoms with Crippen molar-refractivity contribution in [3.63, 3.8) is 0 Å². The molecule has 0 aromatic heterocycles. The molecule has 0 spiro atoms. The van der Waals surface area contributed by atoms with Crippen LogP contribution in [0.5, 0.6) is 23.0 Å². The number of carbonyl (C=O) groups excluding carboxylic acids is 2. The summed E-state index contributed by atoms with van der Waals surface area (Å²) in [4.78, 5) is 29.0. The van der Waals surface area contributed by atoms with Crippen molar-refractivity contribution < 1.29 is 38.0 Å². The summed E-state index contributed by atoms with van der Waals surface area (Å²) in [7, 11) is 3.20. The van der Waals surface area contributed by atoms with Gasteiger partial charge in [0.05, 0.1) is 38.6 Å². The summed E-state index contributed by atoms with van der Waals surface area (Å²) >= 11 is 0. The first-order chi connectivity index (χ1) is 19.1. The molecule has 4 heterocycles. The van der Waals surface area contributed by atoms with Gasteiger partial charge in [-0.2, -0.15) is 0 Å². The third kappa shape index (κ3) is 3.31. The molecule has 0 fully saturated rings. The summed E-state index contributed by atoms with van der Waals surface area (Å²) in [6, 6.07) is 11.2. The quantitative estimate of drug-likeness (QED) is 0.495. The Bertz CT molecular complexity index is 1430. The number of fused-ring (bicyclic) bond motifs is 8. The highest BCUT2D eigenvalue weighted by Gasteiger charge is 2.59. The van der Waals surface area contributed by atoms with Crippen molar-refractivity contribution in [2.45, 2.75) is 50.7 Å². The number of ketones is 2. The zero-order valence-corrected chi connectivity index (χ0v) is 23.5. The Morgan fingerprint density at radius 3 is 1.45 bits per heavy atom. The zero-order valence-electron chi connectivity index (χ0n) is 23.5. The van der Waals surface area contributed by atoms with Gasteiger partial charge in [-0.15, -0.1) is 0 Å². The number of allylic oxidation sites excluding steroid dienone is 2. The molecular weight excluding hydrogens is 512 g/mol. The Balaban J connectivity index is 1.41. The number of ether oxygens (including phenoxy) is 6. The molecule has 4 aliphatic heterocycles. The normalized spacial score (nSPS) is 28.6. The van der Waals surface area contributed by atoms with Gasteiger partial charge in [-0.05, 0) is 39.8 Å². The minimum atomic E-state index is -0.760. The van der Waals surface area contributed by atoms with Crippen LogP contribution < -0.4 is 18.9 Å². The van der Waals surface area contributed by atoms with E-state index >= 15 is 0 Å². The second-order valence-electron chi connectivity index (χ2n) is 12.2. The van der Waals surface area contributed by atoms with E-state index in [1.54, 1.807) is 14.2 Å². The van der Waals surface area contributed by atoms with Gasteiger partial charge < -0.3 is 28.4 Å². The van der Waals surface area contributed by atoms with Crippen molar-refractivity contribution in [3.8, 4) is 23.0 Å². The van der Waals surface area contributed by atoms with Gasteiger partial charge in [-0.3, -0.25) is 9.59 Å². The van der Waals surface area contributed by atoms with Gasteiger partial charge >= 0.3 is 0 Å². The number of rotatable bonds is 2. The summed E-state index contributed by atoms with van der Waals surface area (Å²) in [6.07, 6.45) is 0. The van der Waals surface area contributed by atoms with E-state index in [1.165, 1.54) is 0 Å². The highest BCUT2D eigenvalue weighted by molar-refractivity contribution is 6.25. The van der Waals surface area contributed by atoms with Crippen LogP contribution in [0.25, 0.3) is 0 Å². The number of methoxy groups -OCH3 is 2. The first-order valence-electron chi connectivity index (χ1n) is 13.6. The van der Waals surface area contributed by atoms with Gasteiger partial charge in [0, 0.05) is 46.9 Å². The lowest BCUT2D eigenvalue weighted by molar-refractivity contribution is -0.139.